The minimum absolute atomic E-state index is 0.280. The SMILES string of the molecule is O=C(NCc1cccc(NC(=O)c2ccn(-c3ccccc3)n2)c1)Nc1ccccc1Cl. The maximum absolute atomic E-state index is 12.6. The molecule has 7 nitrogen and oxygen atoms in total. The normalized spacial score (nSPS) is 10.4. The quantitative estimate of drug-likeness (QED) is 0.386. The number of para-hydroxylation sites is 2. The Morgan fingerprint density at radius 3 is 2.47 bits per heavy atom. The number of nitrogens with zero attached hydrogens (tertiary/aromatic N) is 2. The molecule has 8 heteroatoms. The van der Waals surface area contributed by atoms with E-state index >= 15 is 0 Å². The monoisotopic (exact) mass is 445 g/mol. The van der Waals surface area contributed by atoms with E-state index in [1.807, 2.05) is 36.4 Å². The third-order valence-corrected chi connectivity index (χ3v) is 4.93. The Balaban J connectivity index is 1.35. The molecule has 0 aliphatic heterocycles. The highest BCUT2D eigenvalue weighted by atomic mass is 35.5. The van der Waals surface area contributed by atoms with Crippen molar-refractivity contribution in [3.05, 3.63) is 107 Å². The van der Waals surface area contributed by atoms with Crippen LogP contribution < -0.4 is 16.0 Å². The Kier molecular flexibility index (Phi) is 6.48. The van der Waals surface area contributed by atoms with Crippen LogP contribution >= 0.6 is 11.6 Å². The first kappa shape index (κ1) is 21.1. The largest absolute Gasteiger partial charge is 0.334 e. The van der Waals surface area contributed by atoms with Crippen LogP contribution in [-0.4, -0.2) is 21.7 Å². The van der Waals surface area contributed by atoms with E-state index in [0.29, 0.717) is 22.1 Å². The second-order valence-electron chi connectivity index (χ2n) is 6.92. The van der Waals surface area contributed by atoms with E-state index in [1.54, 1.807) is 59.4 Å². The van der Waals surface area contributed by atoms with Gasteiger partial charge in [-0.1, -0.05) is 54.1 Å². The number of carbonyl (C=O) groups is 2. The lowest BCUT2D eigenvalue weighted by Crippen LogP contribution is -2.28. The van der Waals surface area contributed by atoms with E-state index in [-0.39, 0.29) is 18.5 Å². The molecule has 0 fully saturated rings. The van der Waals surface area contributed by atoms with Gasteiger partial charge >= 0.3 is 6.03 Å². The van der Waals surface area contributed by atoms with E-state index in [4.69, 9.17) is 11.6 Å². The molecule has 3 N–H and O–H groups in total. The van der Waals surface area contributed by atoms with Crippen LogP contribution in [0.1, 0.15) is 16.1 Å². The number of rotatable bonds is 6. The first-order valence-electron chi connectivity index (χ1n) is 9.89. The zero-order valence-electron chi connectivity index (χ0n) is 17.0. The highest BCUT2D eigenvalue weighted by Crippen LogP contribution is 2.20. The Morgan fingerprint density at radius 1 is 0.875 bits per heavy atom. The zero-order chi connectivity index (χ0) is 22.3. The lowest BCUT2D eigenvalue weighted by atomic mass is 10.2. The van der Waals surface area contributed by atoms with Crippen molar-refractivity contribution in [2.45, 2.75) is 6.54 Å². The summed E-state index contributed by atoms with van der Waals surface area (Å²) in [5.41, 5.74) is 3.14. The number of aromatic nitrogens is 2. The van der Waals surface area contributed by atoms with E-state index in [9.17, 15) is 9.59 Å². The molecule has 4 rings (SSSR count). The molecule has 0 aliphatic carbocycles. The van der Waals surface area contributed by atoms with Gasteiger partial charge in [0.05, 0.1) is 16.4 Å². The first-order valence-corrected chi connectivity index (χ1v) is 10.3. The molecule has 4 aromatic rings. The number of nitrogens with one attached hydrogen (secondary N) is 3. The molecule has 0 unspecified atom stereocenters. The Hall–Kier alpha value is -4.10. The second-order valence-corrected chi connectivity index (χ2v) is 7.33. The van der Waals surface area contributed by atoms with Crippen molar-refractivity contribution in [1.29, 1.82) is 0 Å². The number of halogens is 1. The molecule has 0 aliphatic rings. The molecule has 0 spiro atoms. The molecular weight excluding hydrogens is 426 g/mol. The van der Waals surface area contributed by atoms with Gasteiger partial charge in [0.1, 0.15) is 0 Å². The number of hydrogen-bond acceptors (Lipinski definition) is 3. The zero-order valence-corrected chi connectivity index (χ0v) is 17.7. The summed E-state index contributed by atoms with van der Waals surface area (Å²) in [4.78, 5) is 24.7. The van der Waals surface area contributed by atoms with Crippen molar-refractivity contribution in [2.24, 2.45) is 0 Å². The summed E-state index contributed by atoms with van der Waals surface area (Å²) in [5.74, 6) is -0.318. The molecular formula is C24H20ClN5O2. The number of benzene rings is 3. The van der Waals surface area contributed by atoms with Crippen molar-refractivity contribution in [3.8, 4) is 5.69 Å². The Bertz CT molecular complexity index is 1240. The van der Waals surface area contributed by atoms with Gasteiger partial charge in [-0.2, -0.15) is 5.10 Å². The van der Waals surface area contributed by atoms with Crippen LogP contribution in [0.5, 0.6) is 0 Å². The minimum Gasteiger partial charge on any atom is -0.334 e. The molecule has 0 saturated heterocycles. The van der Waals surface area contributed by atoms with Crippen LogP contribution in [0.4, 0.5) is 16.2 Å². The molecule has 0 saturated carbocycles. The number of urea groups is 1. The Labute approximate surface area is 190 Å². The van der Waals surface area contributed by atoms with Gasteiger partial charge in [0.25, 0.3) is 5.91 Å². The fraction of sp³-hybridized carbons (Fsp3) is 0.0417. The second kappa shape index (κ2) is 9.80. The van der Waals surface area contributed by atoms with Crippen LogP contribution in [0.15, 0.2) is 91.1 Å². The maximum atomic E-state index is 12.6. The predicted molar refractivity (Wildman–Crippen MR) is 125 cm³/mol. The van der Waals surface area contributed by atoms with Crippen molar-refractivity contribution in [3.63, 3.8) is 0 Å². The van der Waals surface area contributed by atoms with Crippen LogP contribution in [0.3, 0.4) is 0 Å². The highest BCUT2D eigenvalue weighted by Gasteiger charge is 2.11. The van der Waals surface area contributed by atoms with Crippen molar-refractivity contribution in [2.75, 3.05) is 10.6 Å². The van der Waals surface area contributed by atoms with E-state index in [2.05, 4.69) is 21.0 Å². The Morgan fingerprint density at radius 2 is 1.66 bits per heavy atom. The molecule has 3 aromatic carbocycles. The third-order valence-electron chi connectivity index (χ3n) is 4.60. The number of carbonyl (C=O) groups excluding carboxylic acids is 2. The van der Waals surface area contributed by atoms with E-state index in [1.165, 1.54) is 0 Å². The van der Waals surface area contributed by atoms with E-state index in [0.717, 1.165) is 11.3 Å². The molecule has 32 heavy (non-hydrogen) atoms. The van der Waals surface area contributed by atoms with Crippen molar-refractivity contribution < 1.29 is 9.59 Å². The number of hydrogen-bond donors (Lipinski definition) is 3. The number of amides is 3. The smallest absolute Gasteiger partial charge is 0.319 e. The fourth-order valence-corrected chi connectivity index (χ4v) is 3.22. The fourth-order valence-electron chi connectivity index (χ4n) is 3.04. The summed E-state index contributed by atoms with van der Waals surface area (Å²) in [6.45, 7) is 0.280. The first-order chi connectivity index (χ1) is 15.6. The van der Waals surface area contributed by atoms with Crippen molar-refractivity contribution >= 4 is 34.9 Å². The molecule has 0 radical (unpaired) electrons. The number of anilines is 2. The van der Waals surface area contributed by atoms with E-state index < -0.39 is 0 Å². The average molecular weight is 446 g/mol. The standard InChI is InChI=1S/C24H20ClN5O2/c25-20-11-4-5-12-21(20)28-24(32)26-16-17-7-6-8-18(15-17)27-23(31)22-13-14-30(29-22)19-9-2-1-3-10-19/h1-15H,16H2,(H,27,31)(H2,26,28,32). The summed E-state index contributed by atoms with van der Waals surface area (Å²) in [6, 6.07) is 25.1. The summed E-state index contributed by atoms with van der Waals surface area (Å²) in [7, 11) is 0. The predicted octanol–water partition coefficient (Wildman–Crippen LogP) is 5.10. The van der Waals surface area contributed by atoms with Crippen LogP contribution in [-0.2, 0) is 6.54 Å². The average Bonchev–Trinajstić information content (AvgIpc) is 3.31. The summed E-state index contributed by atoms with van der Waals surface area (Å²) in [6.07, 6.45) is 1.74. The lowest BCUT2D eigenvalue weighted by molar-refractivity contribution is 0.102. The van der Waals surface area contributed by atoms with Gasteiger partial charge in [0, 0.05) is 18.4 Å². The van der Waals surface area contributed by atoms with Gasteiger partial charge in [-0.05, 0) is 48.0 Å². The van der Waals surface area contributed by atoms with Crippen LogP contribution in [0, 0.1) is 0 Å². The van der Waals surface area contributed by atoms with Gasteiger partial charge < -0.3 is 16.0 Å². The topological polar surface area (TPSA) is 88.1 Å². The summed E-state index contributed by atoms with van der Waals surface area (Å²) in [5, 5.41) is 13.1. The molecule has 0 bridgehead atoms. The van der Waals surface area contributed by atoms with Gasteiger partial charge in [0.15, 0.2) is 5.69 Å². The third kappa shape index (κ3) is 5.33. The molecule has 0 atom stereocenters. The van der Waals surface area contributed by atoms with Gasteiger partial charge in [-0.15, -0.1) is 0 Å². The highest BCUT2D eigenvalue weighted by molar-refractivity contribution is 6.33. The maximum Gasteiger partial charge on any atom is 0.319 e. The van der Waals surface area contributed by atoms with Gasteiger partial charge in [0.2, 0.25) is 0 Å². The lowest BCUT2D eigenvalue weighted by Gasteiger charge is -2.10. The summed E-state index contributed by atoms with van der Waals surface area (Å²) >= 11 is 6.05. The molecule has 160 valence electrons. The van der Waals surface area contributed by atoms with Crippen LogP contribution in [0.2, 0.25) is 5.02 Å². The molecule has 1 aromatic heterocycles. The van der Waals surface area contributed by atoms with Crippen LogP contribution in [0.25, 0.3) is 5.69 Å². The summed E-state index contributed by atoms with van der Waals surface area (Å²) < 4.78 is 1.65. The van der Waals surface area contributed by atoms with Gasteiger partial charge in [-0.3, -0.25) is 4.79 Å². The molecule has 3 amide bonds. The van der Waals surface area contributed by atoms with Crippen molar-refractivity contribution in [1.82, 2.24) is 15.1 Å². The minimum atomic E-state index is -0.376. The van der Waals surface area contributed by atoms with Gasteiger partial charge in [-0.25, -0.2) is 9.48 Å². The molecule has 1 heterocycles.